The van der Waals surface area contributed by atoms with Crippen molar-refractivity contribution in [3.8, 4) is 0 Å². The molecule has 0 saturated heterocycles. The number of halogens is 1. The Morgan fingerprint density at radius 3 is 2.88 bits per heavy atom. The molecule has 0 aliphatic carbocycles. The molecular weight excluding hydrogens is 274 g/mol. The number of aromatic amines is 1. The molecule has 1 atom stereocenters. The molecule has 0 amide bonds. The van der Waals surface area contributed by atoms with Crippen molar-refractivity contribution in [2.75, 3.05) is 6.54 Å². The van der Waals surface area contributed by atoms with Gasteiger partial charge in [-0.05, 0) is 29.3 Å². The van der Waals surface area contributed by atoms with Crippen molar-refractivity contribution in [1.82, 2.24) is 14.9 Å². The number of H-pyrrole nitrogens is 1. The van der Waals surface area contributed by atoms with Crippen LogP contribution in [0, 0.1) is 0 Å². The summed E-state index contributed by atoms with van der Waals surface area (Å²) in [6, 6.07) is 0.432. The maximum absolute atomic E-state index is 11.4. The lowest BCUT2D eigenvalue weighted by atomic mass is 10.2. The van der Waals surface area contributed by atoms with E-state index in [1.54, 1.807) is 0 Å². The molecule has 1 unspecified atom stereocenters. The quantitative estimate of drug-likeness (QED) is 0.838. The standard InChI is InChI=1S/C10H16BrN3O2/c1-3-7(2)12-4-5-14-6-8(11)9(15)13-10(14)16/h6-7,12H,3-5H2,1-2H3,(H,13,15,16). The van der Waals surface area contributed by atoms with Gasteiger partial charge in [-0.25, -0.2) is 4.79 Å². The molecule has 0 aliphatic rings. The Kier molecular flexibility index (Phi) is 4.95. The first-order valence-electron chi connectivity index (χ1n) is 5.27. The van der Waals surface area contributed by atoms with E-state index in [0.29, 0.717) is 23.6 Å². The van der Waals surface area contributed by atoms with Crippen molar-refractivity contribution in [2.24, 2.45) is 0 Å². The van der Waals surface area contributed by atoms with E-state index in [1.807, 2.05) is 0 Å². The van der Waals surface area contributed by atoms with Crippen LogP contribution in [0.5, 0.6) is 0 Å². The summed E-state index contributed by atoms with van der Waals surface area (Å²) < 4.78 is 1.84. The number of aromatic nitrogens is 2. The van der Waals surface area contributed by atoms with Gasteiger partial charge in [0.05, 0.1) is 4.47 Å². The van der Waals surface area contributed by atoms with Gasteiger partial charge in [0.2, 0.25) is 0 Å². The second-order valence-electron chi connectivity index (χ2n) is 3.69. The molecule has 1 aromatic heterocycles. The van der Waals surface area contributed by atoms with Crippen molar-refractivity contribution in [2.45, 2.75) is 32.9 Å². The fraction of sp³-hybridized carbons (Fsp3) is 0.600. The summed E-state index contributed by atoms with van der Waals surface area (Å²) in [5.74, 6) is 0. The van der Waals surface area contributed by atoms with Gasteiger partial charge in [0.25, 0.3) is 5.56 Å². The van der Waals surface area contributed by atoms with E-state index in [9.17, 15) is 9.59 Å². The number of nitrogens with zero attached hydrogens (tertiary/aromatic N) is 1. The molecule has 5 nitrogen and oxygen atoms in total. The highest BCUT2D eigenvalue weighted by molar-refractivity contribution is 9.10. The number of nitrogens with one attached hydrogen (secondary N) is 2. The van der Waals surface area contributed by atoms with E-state index in [0.717, 1.165) is 6.42 Å². The molecular formula is C10H16BrN3O2. The van der Waals surface area contributed by atoms with Crippen LogP contribution in [-0.4, -0.2) is 22.1 Å². The average Bonchev–Trinajstić information content (AvgIpc) is 2.25. The molecule has 6 heteroatoms. The molecule has 0 aliphatic heterocycles. The third kappa shape index (κ3) is 3.61. The van der Waals surface area contributed by atoms with Crippen LogP contribution in [0.15, 0.2) is 20.3 Å². The topological polar surface area (TPSA) is 66.9 Å². The van der Waals surface area contributed by atoms with Crippen molar-refractivity contribution < 1.29 is 0 Å². The lowest BCUT2D eigenvalue weighted by Crippen LogP contribution is -2.35. The van der Waals surface area contributed by atoms with E-state index in [2.05, 4.69) is 40.1 Å². The molecule has 0 saturated carbocycles. The lowest BCUT2D eigenvalue weighted by Gasteiger charge is -2.11. The molecule has 0 aromatic carbocycles. The Morgan fingerprint density at radius 2 is 2.25 bits per heavy atom. The fourth-order valence-corrected chi connectivity index (χ4v) is 1.57. The van der Waals surface area contributed by atoms with Gasteiger partial charge in [0.1, 0.15) is 0 Å². The van der Waals surface area contributed by atoms with Crippen LogP contribution in [-0.2, 0) is 6.54 Å². The van der Waals surface area contributed by atoms with Gasteiger partial charge >= 0.3 is 5.69 Å². The third-order valence-corrected chi connectivity index (χ3v) is 2.99. The van der Waals surface area contributed by atoms with Gasteiger partial charge in [0, 0.05) is 25.3 Å². The van der Waals surface area contributed by atoms with Gasteiger partial charge < -0.3 is 5.32 Å². The minimum Gasteiger partial charge on any atom is -0.312 e. The summed E-state index contributed by atoms with van der Waals surface area (Å²) in [6.45, 7) is 5.43. The van der Waals surface area contributed by atoms with Crippen molar-refractivity contribution >= 4 is 15.9 Å². The molecule has 2 N–H and O–H groups in total. The van der Waals surface area contributed by atoms with Crippen molar-refractivity contribution in [3.05, 3.63) is 31.5 Å². The molecule has 90 valence electrons. The zero-order valence-electron chi connectivity index (χ0n) is 9.42. The SMILES string of the molecule is CCC(C)NCCn1cc(Br)c(=O)[nH]c1=O. The van der Waals surface area contributed by atoms with Gasteiger partial charge in [-0.15, -0.1) is 0 Å². The highest BCUT2D eigenvalue weighted by Crippen LogP contribution is 1.97. The lowest BCUT2D eigenvalue weighted by molar-refractivity contribution is 0.495. The number of hydrogen-bond acceptors (Lipinski definition) is 3. The average molecular weight is 290 g/mol. The zero-order chi connectivity index (χ0) is 12.1. The highest BCUT2D eigenvalue weighted by Gasteiger charge is 2.02. The summed E-state index contributed by atoms with van der Waals surface area (Å²) in [7, 11) is 0. The molecule has 1 heterocycles. The van der Waals surface area contributed by atoms with Crippen LogP contribution >= 0.6 is 15.9 Å². The molecule has 1 aromatic rings. The van der Waals surface area contributed by atoms with Crippen LogP contribution in [0.25, 0.3) is 0 Å². The van der Waals surface area contributed by atoms with Crippen LogP contribution in [0.4, 0.5) is 0 Å². The summed E-state index contributed by atoms with van der Waals surface area (Å²) in [5.41, 5.74) is -0.768. The van der Waals surface area contributed by atoms with E-state index in [4.69, 9.17) is 0 Å². The van der Waals surface area contributed by atoms with E-state index in [-0.39, 0.29) is 5.69 Å². The fourth-order valence-electron chi connectivity index (χ4n) is 1.22. The van der Waals surface area contributed by atoms with Crippen LogP contribution in [0.1, 0.15) is 20.3 Å². The van der Waals surface area contributed by atoms with E-state index >= 15 is 0 Å². The zero-order valence-corrected chi connectivity index (χ0v) is 11.0. The largest absolute Gasteiger partial charge is 0.328 e. The predicted octanol–water partition coefficient (Wildman–Crippen LogP) is 0.687. The van der Waals surface area contributed by atoms with Crippen LogP contribution < -0.4 is 16.6 Å². The Hall–Kier alpha value is -0.880. The first kappa shape index (κ1) is 13.2. The maximum atomic E-state index is 11.4. The molecule has 0 radical (unpaired) electrons. The Labute approximate surface area is 102 Å². The summed E-state index contributed by atoms with van der Waals surface area (Å²) in [5, 5.41) is 3.28. The van der Waals surface area contributed by atoms with Gasteiger partial charge in [-0.2, -0.15) is 0 Å². The normalized spacial score (nSPS) is 12.7. The molecule has 16 heavy (non-hydrogen) atoms. The number of hydrogen-bond donors (Lipinski definition) is 2. The molecule has 0 fully saturated rings. The summed E-state index contributed by atoms with van der Waals surface area (Å²) in [6.07, 6.45) is 2.56. The summed E-state index contributed by atoms with van der Waals surface area (Å²) in [4.78, 5) is 24.7. The van der Waals surface area contributed by atoms with Gasteiger partial charge in [-0.3, -0.25) is 14.3 Å². The maximum Gasteiger partial charge on any atom is 0.328 e. The number of rotatable bonds is 5. The first-order valence-corrected chi connectivity index (χ1v) is 6.06. The van der Waals surface area contributed by atoms with E-state index < -0.39 is 5.56 Å². The minimum atomic E-state index is -0.392. The van der Waals surface area contributed by atoms with E-state index in [1.165, 1.54) is 10.8 Å². The second-order valence-corrected chi connectivity index (χ2v) is 4.55. The summed E-state index contributed by atoms with van der Waals surface area (Å²) >= 11 is 3.09. The van der Waals surface area contributed by atoms with Crippen molar-refractivity contribution in [3.63, 3.8) is 0 Å². The monoisotopic (exact) mass is 289 g/mol. The first-order chi connectivity index (χ1) is 7.54. The van der Waals surface area contributed by atoms with Gasteiger partial charge in [-0.1, -0.05) is 6.92 Å². The Morgan fingerprint density at radius 1 is 1.56 bits per heavy atom. The predicted molar refractivity (Wildman–Crippen MR) is 66.8 cm³/mol. The third-order valence-electron chi connectivity index (χ3n) is 2.43. The van der Waals surface area contributed by atoms with Crippen LogP contribution in [0.2, 0.25) is 0 Å². The molecule has 1 rings (SSSR count). The minimum absolute atomic E-state index is 0.371. The Bertz CT molecular complexity index is 452. The van der Waals surface area contributed by atoms with Crippen molar-refractivity contribution in [1.29, 1.82) is 0 Å². The Balaban J connectivity index is 2.65. The molecule has 0 spiro atoms. The second kappa shape index (κ2) is 6.00. The molecule has 0 bridgehead atoms. The highest BCUT2D eigenvalue weighted by atomic mass is 79.9. The smallest absolute Gasteiger partial charge is 0.312 e. The van der Waals surface area contributed by atoms with Crippen LogP contribution in [0.3, 0.4) is 0 Å². The van der Waals surface area contributed by atoms with Gasteiger partial charge in [0.15, 0.2) is 0 Å².